The number of aliphatic hydroxyl groups excluding tert-OH is 1. The van der Waals surface area contributed by atoms with Crippen LogP contribution in [0.2, 0.25) is 0 Å². The van der Waals surface area contributed by atoms with Gasteiger partial charge in [-0.3, -0.25) is 0 Å². The van der Waals surface area contributed by atoms with Crippen molar-refractivity contribution < 1.29 is 9.84 Å². The molecule has 1 saturated heterocycles. The predicted octanol–water partition coefficient (Wildman–Crippen LogP) is 2.12. The summed E-state index contributed by atoms with van der Waals surface area (Å²) in [7, 11) is 0. The first-order valence-electron chi connectivity index (χ1n) is 6.86. The summed E-state index contributed by atoms with van der Waals surface area (Å²) in [4.78, 5) is 0. The van der Waals surface area contributed by atoms with Gasteiger partial charge >= 0.3 is 0 Å². The normalized spacial score (nSPS) is 31.6. The van der Waals surface area contributed by atoms with E-state index >= 15 is 0 Å². The number of hydrogen-bond donors (Lipinski definition) is 2. The Morgan fingerprint density at radius 3 is 3.06 bits per heavy atom. The number of ether oxygens (including phenoxy) is 1. The van der Waals surface area contributed by atoms with E-state index in [-0.39, 0.29) is 12.1 Å². The molecule has 1 fully saturated rings. The topological polar surface area (TPSA) is 41.5 Å². The molecule has 3 heteroatoms. The SMILES string of the molecule is Cc1ccc2c(c1)CC(O)C(C1CCCOC1)N2. The van der Waals surface area contributed by atoms with E-state index in [1.54, 1.807) is 0 Å². The van der Waals surface area contributed by atoms with Gasteiger partial charge in [-0.15, -0.1) is 0 Å². The highest BCUT2D eigenvalue weighted by molar-refractivity contribution is 5.56. The number of nitrogens with one attached hydrogen (secondary N) is 1. The van der Waals surface area contributed by atoms with E-state index in [2.05, 4.69) is 30.4 Å². The van der Waals surface area contributed by atoms with Crippen molar-refractivity contribution in [3.05, 3.63) is 29.3 Å². The first-order chi connectivity index (χ1) is 8.74. The molecule has 2 aliphatic heterocycles. The number of rotatable bonds is 1. The summed E-state index contributed by atoms with van der Waals surface area (Å²) >= 11 is 0. The predicted molar refractivity (Wildman–Crippen MR) is 71.8 cm³/mol. The summed E-state index contributed by atoms with van der Waals surface area (Å²) in [6.45, 7) is 3.73. The number of aryl methyl sites for hydroxylation is 1. The summed E-state index contributed by atoms with van der Waals surface area (Å²) in [5.74, 6) is 0.434. The Hall–Kier alpha value is -1.06. The fraction of sp³-hybridized carbons (Fsp3) is 0.600. The van der Waals surface area contributed by atoms with E-state index in [1.807, 2.05) is 0 Å². The molecule has 0 aliphatic carbocycles. The van der Waals surface area contributed by atoms with Gasteiger partial charge in [-0.05, 0) is 31.4 Å². The second kappa shape index (κ2) is 4.90. The highest BCUT2D eigenvalue weighted by Gasteiger charge is 2.33. The zero-order chi connectivity index (χ0) is 12.5. The van der Waals surface area contributed by atoms with Crippen LogP contribution in [0.4, 0.5) is 5.69 Å². The van der Waals surface area contributed by atoms with Gasteiger partial charge in [0.2, 0.25) is 0 Å². The molecule has 0 bridgehead atoms. The first-order valence-corrected chi connectivity index (χ1v) is 6.86. The lowest BCUT2D eigenvalue weighted by atomic mass is 9.84. The van der Waals surface area contributed by atoms with Crippen LogP contribution in [0.25, 0.3) is 0 Å². The van der Waals surface area contributed by atoms with Gasteiger partial charge in [-0.2, -0.15) is 0 Å². The van der Waals surface area contributed by atoms with Crippen LogP contribution in [-0.4, -0.2) is 30.5 Å². The fourth-order valence-electron chi connectivity index (χ4n) is 3.14. The van der Waals surface area contributed by atoms with Gasteiger partial charge in [-0.1, -0.05) is 17.7 Å². The molecule has 3 nitrogen and oxygen atoms in total. The minimum atomic E-state index is -0.300. The van der Waals surface area contributed by atoms with Gasteiger partial charge in [0, 0.05) is 24.6 Å². The molecule has 0 amide bonds. The van der Waals surface area contributed by atoms with Crippen molar-refractivity contribution in [1.29, 1.82) is 0 Å². The van der Waals surface area contributed by atoms with Crippen LogP contribution in [0.1, 0.15) is 24.0 Å². The number of anilines is 1. The van der Waals surface area contributed by atoms with Gasteiger partial charge < -0.3 is 15.2 Å². The largest absolute Gasteiger partial charge is 0.391 e. The van der Waals surface area contributed by atoms with Gasteiger partial charge in [-0.25, -0.2) is 0 Å². The van der Waals surface area contributed by atoms with Gasteiger partial charge in [0.1, 0.15) is 0 Å². The highest BCUT2D eigenvalue weighted by Crippen LogP contribution is 2.31. The van der Waals surface area contributed by atoms with Gasteiger partial charge in [0.25, 0.3) is 0 Å². The minimum absolute atomic E-state index is 0.139. The molecule has 3 atom stereocenters. The average molecular weight is 247 g/mol. The Balaban J connectivity index is 1.80. The summed E-state index contributed by atoms with van der Waals surface area (Å²) in [6.07, 6.45) is 2.71. The van der Waals surface area contributed by atoms with E-state index in [0.29, 0.717) is 5.92 Å². The maximum Gasteiger partial charge on any atom is 0.0785 e. The molecule has 2 aliphatic rings. The number of aliphatic hydroxyl groups is 1. The molecule has 0 spiro atoms. The molecule has 0 radical (unpaired) electrons. The molecule has 1 aromatic rings. The standard InChI is InChI=1S/C15H21NO2/c1-10-4-5-13-12(7-10)8-14(17)15(16-13)11-3-2-6-18-9-11/h4-5,7,11,14-17H,2-3,6,8-9H2,1H3. The van der Waals surface area contributed by atoms with E-state index < -0.39 is 0 Å². The third-order valence-electron chi connectivity index (χ3n) is 4.13. The summed E-state index contributed by atoms with van der Waals surface area (Å²) < 4.78 is 5.54. The quantitative estimate of drug-likeness (QED) is 0.798. The van der Waals surface area contributed by atoms with Crippen molar-refractivity contribution in [2.45, 2.75) is 38.3 Å². The van der Waals surface area contributed by atoms with Crippen LogP contribution in [0.15, 0.2) is 18.2 Å². The molecule has 18 heavy (non-hydrogen) atoms. The van der Waals surface area contributed by atoms with Gasteiger partial charge in [0.05, 0.1) is 18.8 Å². The average Bonchev–Trinajstić information content (AvgIpc) is 2.39. The maximum absolute atomic E-state index is 10.3. The molecule has 3 unspecified atom stereocenters. The van der Waals surface area contributed by atoms with Crippen LogP contribution in [0.3, 0.4) is 0 Å². The maximum atomic E-state index is 10.3. The summed E-state index contributed by atoms with van der Waals surface area (Å²) in [5, 5.41) is 13.9. The molecular weight excluding hydrogens is 226 g/mol. The first kappa shape index (κ1) is 12.0. The van der Waals surface area contributed by atoms with Crippen molar-refractivity contribution in [3.63, 3.8) is 0 Å². The summed E-state index contributed by atoms with van der Waals surface area (Å²) in [5.41, 5.74) is 3.67. The molecule has 0 aromatic heterocycles. The summed E-state index contributed by atoms with van der Waals surface area (Å²) in [6, 6.07) is 6.56. The molecule has 1 aromatic carbocycles. The highest BCUT2D eigenvalue weighted by atomic mass is 16.5. The molecule has 98 valence electrons. The van der Waals surface area contributed by atoms with Gasteiger partial charge in [0.15, 0.2) is 0 Å². The second-order valence-corrected chi connectivity index (χ2v) is 5.58. The monoisotopic (exact) mass is 247 g/mol. The van der Waals surface area contributed by atoms with Crippen LogP contribution >= 0.6 is 0 Å². The van der Waals surface area contributed by atoms with Crippen molar-refractivity contribution in [2.24, 2.45) is 5.92 Å². The second-order valence-electron chi connectivity index (χ2n) is 5.58. The zero-order valence-electron chi connectivity index (χ0n) is 10.9. The van der Waals surface area contributed by atoms with Crippen LogP contribution < -0.4 is 5.32 Å². The Bertz CT molecular complexity index is 427. The van der Waals surface area contributed by atoms with E-state index in [0.717, 1.165) is 32.5 Å². The number of benzene rings is 1. The van der Waals surface area contributed by atoms with Crippen molar-refractivity contribution in [1.82, 2.24) is 0 Å². The zero-order valence-corrected chi connectivity index (χ0v) is 10.9. The Morgan fingerprint density at radius 1 is 1.39 bits per heavy atom. The lowest BCUT2D eigenvalue weighted by Crippen LogP contribution is -2.47. The molecular formula is C15H21NO2. The van der Waals surface area contributed by atoms with Crippen molar-refractivity contribution >= 4 is 5.69 Å². The lowest BCUT2D eigenvalue weighted by molar-refractivity contribution is 0.0198. The van der Waals surface area contributed by atoms with Crippen LogP contribution in [-0.2, 0) is 11.2 Å². The van der Waals surface area contributed by atoms with E-state index in [9.17, 15) is 5.11 Å². The lowest BCUT2D eigenvalue weighted by Gasteiger charge is -2.38. The third-order valence-corrected chi connectivity index (χ3v) is 4.13. The Morgan fingerprint density at radius 2 is 2.28 bits per heavy atom. The smallest absolute Gasteiger partial charge is 0.0785 e. The number of fused-ring (bicyclic) bond motifs is 1. The number of hydrogen-bond acceptors (Lipinski definition) is 3. The fourth-order valence-corrected chi connectivity index (χ4v) is 3.14. The van der Waals surface area contributed by atoms with Crippen LogP contribution in [0, 0.1) is 12.8 Å². The molecule has 3 rings (SSSR count). The van der Waals surface area contributed by atoms with Crippen molar-refractivity contribution in [2.75, 3.05) is 18.5 Å². The molecule has 2 N–H and O–H groups in total. The molecule has 0 saturated carbocycles. The molecule has 2 heterocycles. The van der Waals surface area contributed by atoms with Crippen LogP contribution in [0.5, 0.6) is 0 Å². The van der Waals surface area contributed by atoms with E-state index in [4.69, 9.17) is 4.74 Å². The third kappa shape index (κ3) is 2.25. The van der Waals surface area contributed by atoms with Crippen molar-refractivity contribution in [3.8, 4) is 0 Å². The Labute approximate surface area is 108 Å². The minimum Gasteiger partial charge on any atom is -0.391 e. The van der Waals surface area contributed by atoms with E-state index in [1.165, 1.54) is 16.8 Å². The Kier molecular flexibility index (Phi) is 3.27.